The smallest absolute Gasteiger partial charge is 0.242 e. The molecular weight excluding hydrogens is 402 g/mol. The highest BCUT2D eigenvalue weighted by Crippen LogP contribution is 2.23. The molecule has 0 aliphatic carbocycles. The largest absolute Gasteiger partial charge is 0.352 e. The monoisotopic (exact) mass is 424 g/mol. The van der Waals surface area contributed by atoms with Crippen molar-refractivity contribution in [2.75, 3.05) is 0 Å². The number of carbonyl (C=O) groups excluding carboxylic acids is 2. The van der Waals surface area contributed by atoms with Crippen LogP contribution in [0.1, 0.15) is 31.9 Å². The summed E-state index contributed by atoms with van der Waals surface area (Å²) in [6, 6.07) is 9.97. The van der Waals surface area contributed by atoms with Gasteiger partial charge in [0.15, 0.2) is 0 Å². The summed E-state index contributed by atoms with van der Waals surface area (Å²) in [7, 11) is 0. The number of hydrogen-bond acceptors (Lipinski definition) is 2. The molecule has 0 fully saturated rings. The molecule has 0 aromatic heterocycles. The molecule has 2 aromatic carbocycles. The Labute approximate surface area is 174 Å². The van der Waals surface area contributed by atoms with Crippen molar-refractivity contribution >= 4 is 35.0 Å². The van der Waals surface area contributed by atoms with Gasteiger partial charge in [0, 0.05) is 22.6 Å². The highest BCUT2D eigenvalue weighted by atomic mass is 35.5. The van der Waals surface area contributed by atoms with Crippen molar-refractivity contribution in [3.63, 3.8) is 0 Å². The van der Waals surface area contributed by atoms with E-state index in [2.05, 4.69) is 5.32 Å². The second kappa shape index (κ2) is 9.89. The van der Waals surface area contributed by atoms with Crippen molar-refractivity contribution in [2.45, 2.75) is 45.8 Å². The van der Waals surface area contributed by atoms with Crippen molar-refractivity contribution in [1.82, 2.24) is 10.2 Å². The first-order valence-corrected chi connectivity index (χ1v) is 9.71. The summed E-state index contributed by atoms with van der Waals surface area (Å²) in [6.45, 7) is 5.53. The summed E-state index contributed by atoms with van der Waals surface area (Å²) in [6.07, 6.45) is 0.0464. The third kappa shape index (κ3) is 6.21. The van der Waals surface area contributed by atoms with E-state index in [4.69, 9.17) is 23.2 Å². The van der Waals surface area contributed by atoms with Gasteiger partial charge >= 0.3 is 0 Å². The van der Waals surface area contributed by atoms with Crippen LogP contribution in [0.2, 0.25) is 10.0 Å². The van der Waals surface area contributed by atoms with Gasteiger partial charge in [-0.1, -0.05) is 41.4 Å². The lowest BCUT2D eigenvalue weighted by atomic mass is 10.1. The van der Waals surface area contributed by atoms with E-state index in [-0.39, 0.29) is 36.6 Å². The minimum atomic E-state index is -0.706. The molecule has 7 heteroatoms. The number of amides is 2. The third-order valence-corrected chi connectivity index (χ3v) is 4.81. The number of hydrogen-bond donors (Lipinski definition) is 1. The normalized spacial score (nSPS) is 12.0. The maximum Gasteiger partial charge on any atom is 0.242 e. The van der Waals surface area contributed by atoms with Crippen molar-refractivity contribution in [2.24, 2.45) is 0 Å². The van der Waals surface area contributed by atoms with E-state index in [9.17, 15) is 14.0 Å². The van der Waals surface area contributed by atoms with E-state index >= 15 is 0 Å². The molecule has 2 rings (SSSR count). The van der Waals surface area contributed by atoms with Crippen molar-refractivity contribution in [3.8, 4) is 0 Å². The van der Waals surface area contributed by atoms with Crippen LogP contribution in [0.4, 0.5) is 4.39 Å². The fourth-order valence-electron chi connectivity index (χ4n) is 2.70. The first-order chi connectivity index (χ1) is 13.2. The summed E-state index contributed by atoms with van der Waals surface area (Å²) in [4.78, 5) is 27.0. The summed E-state index contributed by atoms with van der Waals surface area (Å²) in [5.41, 5.74) is 1.35. The van der Waals surface area contributed by atoms with Gasteiger partial charge in [0.25, 0.3) is 0 Å². The van der Waals surface area contributed by atoms with Crippen LogP contribution < -0.4 is 5.32 Å². The van der Waals surface area contributed by atoms with Crippen LogP contribution in [0, 0.1) is 5.82 Å². The van der Waals surface area contributed by atoms with Gasteiger partial charge in [-0.2, -0.15) is 0 Å². The lowest BCUT2D eigenvalue weighted by molar-refractivity contribution is -0.140. The molecule has 0 saturated heterocycles. The van der Waals surface area contributed by atoms with Crippen LogP contribution in [0.25, 0.3) is 0 Å². The number of nitrogens with zero attached hydrogens (tertiary/aromatic N) is 1. The van der Waals surface area contributed by atoms with Crippen molar-refractivity contribution in [1.29, 1.82) is 0 Å². The van der Waals surface area contributed by atoms with Gasteiger partial charge in [0.2, 0.25) is 11.8 Å². The third-order valence-electron chi connectivity index (χ3n) is 4.22. The zero-order valence-corrected chi connectivity index (χ0v) is 17.5. The lowest BCUT2D eigenvalue weighted by Crippen LogP contribution is -2.49. The predicted octanol–water partition coefficient (Wildman–Crippen LogP) is 4.62. The Balaban J connectivity index is 2.27. The molecule has 0 spiro atoms. The molecular formula is C21H23Cl2FN2O2. The zero-order valence-electron chi connectivity index (χ0n) is 16.0. The van der Waals surface area contributed by atoms with E-state index in [0.717, 1.165) is 0 Å². The molecule has 28 heavy (non-hydrogen) atoms. The van der Waals surface area contributed by atoms with E-state index in [0.29, 0.717) is 21.2 Å². The van der Waals surface area contributed by atoms with Crippen LogP contribution in [-0.2, 0) is 22.6 Å². The van der Waals surface area contributed by atoms with Gasteiger partial charge in [0.05, 0.1) is 6.42 Å². The van der Waals surface area contributed by atoms with E-state index in [1.165, 1.54) is 17.0 Å². The van der Waals surface area contributed by atoms with Gasteiger partial charge in [-0.25, -0.2) is 4.39 Å². The summed E-state index contributed by atoms with van der Waals surface area (Å²) < 4.78 is 13.1. The Morgan fingerprint density at radius 2 is 1.71 bits per heavy atom. The molecule has 0 aliphatic rings. The molecule has 0 saturated carbocycles. The number of benzene rings is 2. The second-order valence-electron chi connectivity index (χ2n) is 6.90. The SMILES string of the molecule is CC(C)NC(=O)C(C)N(Cc1ccc(Cl)cc1Cl)C(=O)Cc1ccc(F)cc1. The zero-order chi connectivity index (χ0) is 20.8. The molecule has 150 valence electrons. The minimum absolute atomic E-state index is 0.0464. The molecule has 0 bridgehead atoms. The molecule has 0 radical (unpaired) electrons. The minimum Gasteiger partial charge on any atom is -0.352 e. The van der Waals surface area contributed by atoms with Gasteiger partial charge in [0.1, 0.15) is 11.9 Å². The Hall–Kier alpha value is -2.11. The number of carbonyl (C=O) groups is 2. The van der Waals surface area contributed by atoms with Gasteiger partial charge < -0.3 is 10.2 Å². The molecule has 2 amide bonds. The Morgan fingerprint density at radius 3 is 2.29 bits per heavy atom. The summed E-state index contributed by atoms with van der Waals surface area (Å²) >= 11 is 12.2. The van der Waals surface area contributed by atoms with Crippen molar-refractivity contribution in [3.05, 3.63) is 69.5 Å². The van der Waals surface area contributed by atoms with Crippen molar-refractivity contribution < 1.29 is 14.0 Å². The fourth-order valence-corrected chi connectivity index (χ4v) is 3.17. The van der Waals surface area contributed by atoms with E-state index < -0.39 is 6.04 Å². The van der Waals surface area contributed by atoms with Crippen LogP contribution in [0.15, 0.2) is 42.5 Å². The van der Waals surface area contributed by atoms with Crippen LogP contribution in [0.5, 0.6) is 0 Å². The number of nitrogens with one attached hydrogen (secondary N) is 1. The summed E-state index contributed by atoms with van der Waals surface area (Å²) in [5, 5.41) is 3.73. The van der Waals surface area contributed by atoms with Gasteiger partial charge in [-0.05, 0) is 56.2 Å². The number of halogens is 3. The van der Waals surface area contributed by atoms with Crippen LogP contribution >= 0.6 is 23.2 Å². The maximum absolute atomic E-state index is 13.1. The van der Waals surface area contributed by atoms with E-state index in [1.807, 2.05) is 13.8 Å². The quantitative estimate of drug-likeness (QED) is 0.704. The molecule has 1 N–H and O–H groups in total. The highest BCUT2D eigenvalue weighted by molar-refractivity contribution is 6.35. The first kappa shape index (κ1) is 22.2. The molecule has 0 aliphatic heterocycles. The Morgan fingerprint density at radius 1 is 1.07 bits per heavy atom. The molecule has 2 aromatic rings. The van der Waals surface area contributed by atoms with Crippen LogP contribution in [-0.4, -0.2) is 28.8 Å². The van der Waals surface area contributed by atoms with Gasteiger partial charge in [-0.15, -0.1) is 0 Å². The van der Waals surface area contributed by atoms with Gasteiger partial charge in [-0.3, -0.25) is 9.59 Å². The average Bonchev–Trinajstić information content (AvgIpc) is 2.61. The Kier molecular flexibility index (Phi) is 7.84. The molecule has 1 atom stereocenters. The second-order valence-corrected chi connectivity index (χ2v) is 7.74. The molecule has 1 unspecified atom stereocenters. The standard InChI is InChI=1S/C21H23Cl2FN2O2/c1-13(2)25-21(28)14(3)26(12-16-6-7-17(22)11-19(16)23)20(27)10-15-4-8-18(24)9-5-15/h4-9,11,13-14H,10,12H2,1-3H3,(H,25,28). The summed E-state index contributed by atoms with van der Waals surface area (Å²) in [5.74, 6) is -0.887. The molecule has 0 heterocycles. The molecule has 4 nitrogen and oxygen atoms in total. The predicted molar refractivity (Wildman–Crippen MR) is 110 cm³/mol. The fraction of sp³-hybridized carbons (Fsp3) is 0.333. The Bertz CT molecular complexity index is 841. The lowest BCUT2D eigenvalue weighted by Gasteiger charge is -2.30. The maximum atomic E-state index is 13.1. The highest BCUT2D eigenvalue weighted by Gasteiger charge is 2.27. The van der Waals surface area contributed by atoms with E-state index in [1.54, 1.807) is 37.3 Å². The van der Waals surface area contributed by atoms with Crippen LogP contribution in [0.3, 0.4) is 0 Å². The topological polar surface area (TPSA) is 49.4 Å². The average molecular weight is 425 g/mol. The number of rotatable bonds is 7. The first-order valence-electron chi connectivity index (χ1n) is 8.95.